The molecule has 0 radical (unpaired) electrons. The van der Waals surface area contributed by atoms with Crippen molar-refractivity contribution in [1.82, 2.24) is 20.6 Å². The monoisotopic (exact) mass is 898 g/mol. The van der Waals surface area contributed by atoms with Crippen LogP contribution in [0, 0.1) is 0 Å². The summed E-state index contributed by atoms with van der Waals surface area (Å²) >= 11 is 2.97. The van der Waals surface area contributed by atoms with Gasteiger partial charge in [0.25, 0.3) is 5.91 Å². The molecule has 1 atom stereocenters. The zero-order valence-electron chi connectivity index (χ0n) is 39.5. The van der Waals surface area contributed by atoms with E-state index in [9.17, 15) is 19.2 Å². The van der Waals surface area contributed by atoms with Crippen LogP contribution in [0.25, 0.3) is 22.5 Å². The smallest absolute Gasteiger partial charge is 0.322 e. The molecule has 3 aromatic heterocycles. The average molecular weight is 899 g/mol. The molecule has 3 heterocycles. The summed E-state index contributed by atoms with van der Waals surface area (Å²) in [7, 11) is 0. The molecule has 342 valence electrons. The van der Waals surface area contributed by atoms with E-state index >= 15 is 0 Å². The van der Waals surface area contributed by atoms with Crippen molar-refractivity contribution in [2.75, 3.05) is 13.2 Å². The van der Waals surface area contributed by atoms with Gasteiger partial charge in [-0.15, -0.1) is 22.7 Å². The van der Waals surface area contributed by atoms with Crippen LogP contribution >= 0.6 is 22.7 Å². The Labute approximate surface area is 384 Å². The number of thiophene rings is 2. The average Bonchev–Trinajstić information content (AvgIpc) is 3.99. The number of carbonyl (C=O) groups is 4. The van der Waals surface area contributed by atoms with Crippen molar-refractivity contribution < 1.29 is 29.0 Å². The van der Waals surface area contributed by atoms with E-state index in [0.717, 1.165) is 50.8 Å². The summed E-state index contributed by atoms with van der Waals surface area (Å²) in [6.07, 6.45) is 9.76. The second kappa shape index (κ2) is 27.1. The number of hydrogen-bond donors (Lipinski definition) is 3. The molecule has 5 rings (SSSR count). The molecular weight excluding hydrogens is 829 g/mol. The number of aliphatic carboxylic acids is 1. The number of amides is 2. The lowest BCUT2D eigenvalue weighted by Gasteiger charge is -2.18. The van der Waals surface area contributed by atoms with Gasteiger partial charge in [0.05, 0.1) is 16.4 Å². The Morgan fingerprint density at radius 3 is 1.70 bits per heavy atom. The number of carboxylic acids is 1. The highest BCUT2D eigenvalue weighted by Gasteiger charge is 2.25. The first kappa shape index (κ1) is 53.9. The Balaban J connectivity index is 0.000000724. The van der Waals surface area contributed by atoms with Crippen LogP contribution in [0.3, 0.4) is 0 Å². The number of aromatic nitrogens is 2. The number of nitrogens with one attached hydrogen (secondary N) is 2. The van der Waals surface area contributed by atoms with E-state index in [-0.39, 0.29) is 28.9 Å². The first-order chi connectivity index (χ1) is 29.9. The third-order valence-corrected chi connectivity index (χ3v) is 12.4. The standard InChI is InChI=1S/C37H44N4O5S.C10H14OS.2C2H6/c1-5-6-7-8-9-20-46-29-16-14-26(15-17-29)28-22-38-34(39-23-28)27-12-10-25(11-13-27)21-30(35(44)40-24-33(42)43)41-36(45)31-18-19-32(47-31)37(2,3)4;1-7(11)8-5-6-9(12-8)10(2,3)4;2*1-2/h10-19,22-23,30H,5-9,20-21,24H2,1-4H3,(H,40,44)(H,41,45)(H,42,43);5-6H,1-4H3;2*1-2H3. The molecule has 0 aliphatic heterocycles. The van der Waals surface area contributed by atoms with Crippen LogP contribution in [0.5, 0.6) is 5.75 Å². The minimum atomic E-state index is -1.17. The number of unbranched alkanes of at least 4 members (excludes halogenated alkanes) is 4. The van der Waals surface area contributed by atoms with E-state index < -0.39 is 24.5 Å². The maximum atomic E-state index is 13.1. The molecule has 12 heteroatoms. The van der Waals surface area contributed by atoms with Crippen LogP contribution in [0.1, 0.15) is 150 Å². The van der Waals surface area contributed by atoms with Gasteiger partial charge in [-0.2, -0.15) is 0 Å². The van der Waals surface area contributed by atoms with Gasteiger partial charge in [-0.25, -0.2) is 9.97 Å². The fourth-order valence-electron chi connectivity index (χ4n) is 5.81. The van der Waals surface area contributed by atoms with E-state index in [1.807, 2.05) is 94.4 Å². The highest BCUT2D eigenvalue weighted by Crippen LogP contribution is 2.31. The Hall–Kier alpha value is -5.20. The van der Waals surface area contributed by atoms with Crippen LogP contribution in [-0.4, -0.2) is 57.8 Å². The van der Waals surface area contributed by atoms with E-state index in [1.165, 1.54) is 41.9 Å². The Kier molecular flexibility index (Phi) is 23.2. The molecule has 2 aromatic carbocycles. The summed E-state index contributed by atoms with van der Waals surface area (Å²) in [5.74, 6) is -0.551. The molecule has 0 fully saturated rings. The lowest BCUT2D eigenvalue weighted by Crippen LogP contribution is -2.49. The van der Waals surface area contributed by atoms with Crippen LogP contribution in [0.2, 0.25) is 0 Å². The van der Waals surface area contributed by atoms with Gasteiger partial charge >= 0.3 is 5.97 Å². The summed E-state index contributed by atoms with van der Waals surface area (Å²) in [5.41, 5.74) is 3.52. The van der Waals surface area contributed by atoms with Gasteiger partial charge in [0.2, 0.25) is 5.91 Å². The Morgan fingerprint density at radius 1 is 0.683 bits per heavy atom. The van der Waals surface area contributed by atoms with Crippen molar-refractivity contribution >= 4 is 46.2 Å². The molecule has 0 bridgehead atoms. The van der Waals surface area contributed by atoms with Gasteiger partial charge in [0.1, 0.15) is 18.3 Å². The van der Waals surface area contributed by atoms with Crippen molar-refractivity contribution in [2.24, 2.45) is 0 Å². The number of rotatable bonds is 17. The Morgan fingerprint density at radius 2 is 1.21 bits per heavy atom. The molecule has 10 nitrogen and oxygen atoms in total. The maximum absolute atomic E-state index is 13.1. The van der Waals surface area contributed by atoms with Crippen LogP contribution in [0.4, 0.5) is 0 Å². The predicted octanol–water partition coefficient (Wildman–Crippen LogP) is 12.4. The molecule has 2 amide bonds. The van der Waals surface area contributed by atoms with Gasteiger partial charge < -0.3 is 20.5 Å². The number of Topliss-reactive ketones (excluding diaryl/α,β-unsaturated/α-hetero) is 1. The quantitative estimate of drug-likeness (QED) is 0.0617. The molecule has 0 spiro atoms. The lowest BCUT2D eigenvalue weighted by atomic mass is 9.95. The van der Waals surface area contributed by atoms with Gasteiger partial charge in [-0.3, -0.25) is 19.2 Å². The number of carbonyl (C=O) groups excluding carboxylic acids is 3. The first-order valence-corrected chi connectivity index (χ1v) is 23.7. The zero-order chi connectivity index (χ0) is 47.2. The highest BCUT2D eigenvalue weighted by molar-refractivity contribution is 7.14. The molecule has 5 aromatic rings. The fourth-order valence-corrected chi connectivity index (χ4v) is 7.73. The number of hydrogen-bond acceptors (Lipinski definition) is 9. The summed E-state index contributed by atoms with van der Waals surface area (Å²) < 4.78 is 5.88. The molecule has 0 saturated carbocycles. The molecular formula is C51H70N4O6S2. The number of nitrogens with zero attached hydrogens (tertiary/aromatic N) is 2. The topological polar surface area (TPSA) is 148 Å². The predicted molar refractivity (Wildman–Crippen MR) is 262 cm³/mol. The van der Waals surface area contributed by atoms with Crippen molar-refractivity contribution in [3.63, 3.8) is 0 Å². The third kappa shape index (κ3) is 18.6. The van der Waals surface area contributed by atoms with E-state index in [0.29, 0.717) is 10.7 Å². The first-order valence-electron chi connectivity index (χ1n) is 22.1. The van der Waals surface area contributed by atoms with Crippen molar-refractivity contribution in [3.8, 4) is 28.3 Å². The summed E-state index contributed by atoms with van der Waals surface area (Å²) in [4.78, 5) is 60.9. The number of carboxylic acid groups (broad SMARTS) is 1. The highest BCUT2D eigenvalue weighted by atomic mass is 32.1. The van der Waals surface area contributed by atoms with Crippen molar-refractivity contribution in [2.45, 2.75) is 138 Å². The largest absolute Gasteiger partial charge is 0.494 e. The van der Waals surface area contributed by atoms with Gasteiger partial charge in [0, 0.05) is 39.7 Å². The van der Waals surface area contributed by atoms with Crippen LogP contribution < -0.4 is 15.4 Å². The lowest BCUT2D eigenvalue weighted by molar-refractivity contribution is -0.138. The second-order valence-corrected chi connectivity index (χ2v) is 18.7. The normalized spacial score (nSPS) is 11.3. The second-order valence-electron chi connectivity index (χ2n) is 16.5. The molecule has 0 saturated heterocycles. The Bertz CT molecular complexity index is 2130. The molecule has 63 heavy (non-hydrogen) atoms. The number of ketones is 1. The third-order valence-electron chi connectivity index (χ3n) is 9.30. The SMILES string of the molecule is CC.CC.CC(=O)c1ccc(C(C)(C)C)s1.CCCCCCCOc1ccc(-c2cnc(-c3ccc(CC(NC(=O)c4ccc(C(C)(C)C)s4)C(=O)NCC(=O)O)cc3)nc2)cc1. The van der Waals surface area contributed by atoms with E-state index in [1.54, 1.807) is 36.7 Å². The molecule has 3 N–H and O–H groups in total. The van der Waals surface area contributed by atoms with E-state index in [2.05, 4.69) is 69.1 Å². The minimum Gasteiger partial charge on any atom is -0.494 e. The minimum absolute atomic E-state index is 0.110. The molecule has 0 aliphatic carbocycles. The summed E-state index contributed by atoms with van der Waals surface area (Å²) in [6.45, 7) is 24.7. The fraction of sp³-hybridized carbons (Fsp3) is 0.451. The maximum Gasteiger partial charge on any atom is 0.322 e. The molecule has 0 aliphatic rings. The number of ether oxygens (including phenoxy) is 1. The van der Waals surface area contributed by atoms with Gasteiger partial charge in [0.15, 0.2) is 11.6 Å². The number of benzene rings is 2. The van der Waals surface area contributed by atoms with Gasteiger partial charge in [-0.1, -0.05) is 138 Å². The van der Waals surface area contributed by atoms with Gasteiger partial charge in [-0.05, 0) is 71.7 Å². The zero-order valence-corrected chi connectivity index (χ0v) is 41.1. The summed E-state index contributed by atoms with van der Waals surface area (Å²) in [5, 5.41) is 14.2. The molecule has 1 unspecified atom stereocenters. The van der Waals surface area contributed by atoms with E-state index in [4.69, 9.17) is 9.84 Å². The van der Waals surface area contributed by atoms with Crippen LogP contribution in [0.15, 0.2) is 85.2 Å². The van der Waals surface area contributed by atoms with Crippen molar-refractivity contribution in [1.29, 1.82) is 0 Å². The summed E-state index contributed by atoms with van der Waals surface area (Å²) in [6, 6.07) is 22.0. The van der Waals surface area contributed by atoms with Crippen LogP contribution in [-0.2, 0) is 26.8 Å². The van der Waals surface area contributed by atoms with Crippen molar-refractivity contribution in [3.05, 3.63) is 110 Å².